The Hall–Kier alpha value is -2.69. The summed E-state index contributed by atoms with van der Waals surface area (Å²) in [5, 5.41) is 22.4. The molecule has 2 aromatic rings. The van der Waals surface area contributed by atoms with Crippen molar-refractivity contribution < 1.29 is 42.2 Å². The fraction of sp³-hybridized carbons (Fsp3) is 0.517. The Morgan fingerprint density at radius 3 is 2.26 bits per heavy atom. The van der Waals surface area contributed by atoms with Crippen LogP contribution in [0.1, 0.15) is 49.0 Å². The van der Waals surface area contributed by atoms with E-state index in [2.05, 4.69) is 36.4 Å². The number of nitrogens with zero attached hydrogens (tertiary/aromatic N) is 1. The van der Waals surface area contributed by atoms with Gasteiger partial charge in [0.05, 0.1) is 19.6 Å². The number of ether oxygens (including phenoxy) is 1. The maximum Gasteiger partial charge on any atom is 0.430 e. The molecule has 1 aromatic heterocycles. The van der Waals surface area contributed by atoms with E-state index < -0.39 is 23.7 Å². The first kappa shape index (κ1) is 29.3. The summed E-state index contributed by atoms with van der Waals surface area (Å²) in [7, 11) is 0. The maximum atomic E-state index is 13.5. The Bertz CT molecular complexity index is 1120. The molecule has 1 N–H and O–H groups in total. The molecule has 1 saturated carbocycles. The van der Waals surface area contributed by atoms with E-state index in [-0.39, 0.29) is 12.0 Å². The summed E-state index contributed by atoms with van der Waals surface area (Å²) in [5.74, 6) is -3.03. The number of carboxylic acids is 1. The van der Waals surface area contributed by atoms with Crippen molar-refractivity contribution in [2.45, 2.75) is 56.4 Å². The number of hydrogen-bond donors (Lipinski definition) is 1. The van der Waals surface area contributed by atoms with E-state index in [0.29, 0.717) is 5.92 Å². The summed E-state index contributed by atoms with van der Waals surface area (Å²) in [6.07, 6.45) is 5.31. The lowest BCUT2D eigenvalue weighted by Gasteiger charge is -2.52. The number of hydrogen-bond acceptors (Lipinski definition) is 6. The molecule has 1 aliphatic carbocycles. The number of piperidine rings is 3. The molecular weight excluding hydrogens is 531 g/mol. The van der Waals surface area contributed by atoms with Gasteiger partial charge in [0.25, 0.3) is 0 Å². The summed E-state index contributed by atoms with van der Waals surface area (Å²) < 4.78 is 38.7. The fourth-order valence-corrected chi connectivity index (χ4v) is 7.01. The molecule has 10 heteroatoms. The molecule has 6 rings (SSSR count). The largest absolute Gasteiger partial charge is 0.542 e. The lowest BCUT2D eigenvalue weighted by molar-refractivity contribution is -0.941. The van der Waals surface area contributed by atoms with Gasteiger partial charge in [-0.2, -0.15) is 13.2 Å². The third kappa shape index (κ3) is 6.91. The van der Waals surface area contributed by atoms with Gasteiger partial charge in [0.15, 0.2) is 11.7 Å². The number of rotatable bonds is 7. The van der Waals surface area contributed by atoms with Crippen molar-refractivity contribution in [3.63, 3.8) is 0 Å². The van der Waals surface area contributed by atoms with Crippen LogP contribution in [0.5, 0.6) is 0 Å². The van der Waals surface area contributed by atoms with Crippen LogP contribution in [0.25, 0.3) is 6.08 Å². The normalized spacial score (nSPS) is 26.6. The number of aliphatic hydroxyl groups is 1. The topological polar surface area (TPSA) is 86.7 Å². The van der Waals surface area contributed by atoms with Crippen LogP contribution in [0.3, 0.4) is 0 Å². The zero-order valence-electron chi connectivity index (χ0n) is 21.6. The first-order valence-corrected chi connectivity index (χ1v) is 14.2. The van der Waals surface area contributed by atoms with Gasteiger partial charge in [-0.15, -0.1) is 11.3 Å². The highest BCUT2D eigenvalue weighted by Gasteiger charge is 2.52. The number of aliphatic carboxylic acids is 1. The molecule has 212 valence electrons. The lowest BCUT2D eigenvalue weighted by atomic mass is 9.82. The maximum absolute atomic E-state index is 13.5. The third-order valence-electron chi connectivity index (χ3n) is 8.29. The van der Waals surface area contributed by atoms with Gasteiger partial charge in [0.1, 0.15) is 12.5 Å². The van der Waals surface area contributed by atoms with Crippen LogP contribution in [0.4, 0.5) is 13.2 Å². The van der Waals surface area contributed by atoms with Gasteiger partial charge in [0.2, 0.25) is 0 Å². The Balaban J connectivity index is 0.000000448. The predicted octanol–water partition coefficient (Wildman–Crippen LogP) is 4.29. The second kappa shape index (κ2) is 12.2. The van der Waals surface area contributed by atoms with E-state index in [0.717, 1.165) is 74.1 Å². The van der Waals surface area contributed by atoms with E-state index in [9.17, 15) is 23.1 Å². The summed E-state index contributed by atoms with van der Waals surface area (Å²) in [6, 6.07) is 14.2. The van der Waals surface area contributed by atoms with Crippen LogP contribution in [0.2, 0.25) is 0 Å². The number of fused-ring (bicyclic) bond motifs is 3. The van der Waals surface area contributed by atoms with E-state index in [1.807, 2.05) is 23.6 Å². The fourth-order valence-electron chi connectivity index (χ4n) is 6.12. The minimum absolute atomic E-state index is 0.0355. The molecule has 39 heavy (non-hydrogen) atoms. The van der Waals surface area contributed by atoms with E-state index in [1.54, 1.807) is 0 Å². The number of carbonyl (C=O) groups excluding carboxylic acids is 2. The summed E-state index contributed by atoms with van der Waals surface area (Å²) in [4.78, 5) is 23.0. The minimum Gasteiger partial charge on any atom is -0.542 e. The zero-order valence-corrected chi connectivity index (χ0v) is 22.5. The van der Waals surface area contributed by atoms with Gasteiger partial charge in [0, 0.05) is 29.6 Å². The molecule has 0 amide bonds. The Morgan fingerprint density at radius 2 is 1.69 bits per heavy atom. The van der Waals surface area contributed by atoms with Crippen molar-refractivity contribution >= 4 is 29.4 Å². The number of halogens is 3. The van der Waals surface area contributed by atoms with Gasteiger partial charge >= 0.3 is 12.1 Å². The lowest BCUT2D eigenvalue weighted by Crippen LogP contribution is -2.65. The number of esters is 1. The first-order chi connectivity index (χ1) is 18.5. The molecule has 0 unspecified atom stereocenters. The average Bonchev–Trinajstić information content (AvgIpc) is 3.65. The van der Waals surface area contributed by atoms with Crippen molar-refractivity contribution in [2.24, 2.45) is 11.8 Å². The molecule has 1 aromatic carbocycles. The van der Waals surface area contributed by atoms with Gasteiger partial charge in [-0.25, -0.2) is 4.79 Å². The van der Waals surface area contributed by atoms with Gasteiger partial charge in [-0.1, -0.05) is 55.3 Å². The number of quaternary nitrogens is 1. The molecule has 4 heterocycles. The zero-order chi connectivity index (χ0) is 28.1. The number of thiophene rings is 1. The summed E-state index contributed by atoms with van der Waals surface area (Å²) >= 11 is 1.47. The van der Waals surface area contributed by atoms with Crippen LogP contribution in [-0.4, -0.2) is 60.0 Å². The summed E-state index contributed by atoms with van der Waals surface area (Å²) in [6.45, 7) is 4.12. The van der Waals surface area contributed by atoms with Crippen LogP contribution in [0.15, 0.2) is 53.9 Å². The highest BCUT2D eigenvalue weighted by atomic mass is 32.1. The molecular formula is C29H34F3NO5S. The molecule has 3 saturated heterocycles. The predicted molar refractivity (Wildman–Crippen MR) is 139 cm³/mol. The van der Waals surface area contributed by atoms with Crippen LogP contribution >= 0.6 is 11.3 Å². The van der Waals surface area contributed by atoms with E-state index in [4.69, 9.17) is 14.6 Å². The monoisotopic (exact) mass is 565 g/mol. The van der Waals surface area contributed by atoms with Crippen molar-refractivity contribution in [2.75, 3.05) is 26.2 Å². The Labute approximate surface area is 230 Å². The van der Waals surface area contributed by atoms with Crippen LogP contribution in [0, 0.1) is 11.8 Å². The number of carboxylic acid groups (broad SMARTS) is 1. The van der Waals surface area contributed by atoms with Crippen molar-refractivity contribution in [3.05, 3.63) is 64.4 Å². The van der Waals surface area contributed by atoms with Crippen molar-refractivity contribution in [3.8, 4) is 0 Å². The van der Waals surface area contributed by atoms with E-state index in [1.165, 1.54) is 16.9 Å². The first-order valence-electron chi connectivity index (χ1n) is 13.4. The quantitative estimate of drug-likeness (QED) is 0.400. The molecule has 2 atom stereocenters. The van der Waals surface area contributed by atoms with Gasteiger partial charge in [-0.05, 0) is 35.9 Å². The molecule has 3 aliphatic heterocycles. The third-order valence-corrected chi connectivity index (χ3v) is 9.28. The molecule has 4 aliphatic rings. The van der Waals surface area contributed by atoms with Crippen molar-refractivity contribution in [1.29, 1.82) is 0 Å². The Morgan fingerprint density at radius 1 is 1.05 bits per heavy atom. The SMILES string of the molecule is O=C(O[C@H]1C[N+]2(C/C=C/c3ccccc3)CCC1CC2)[C@](O)(c1cccs1)C1CCCC1.O=C([O-])C(F)(F)F. The highest BCUT2D eigenvalue weighted by molar-refractivity contribution is 7.10. The van der Waals surface area contributed by atoms with Crippen molar-refractivity contribution in [1.82, 2.24) is 0 Å². The number of benzene rings is 1. The van der Waals surface area contributed by atoms with Crippen LogP contribution in [-0.2, 0) is 19.9 Å². The standard InChI is InChI=1S/C27H34NO3S.C2HF3O2/c29-26(27(30,23-11-4-5-12-23)25-13-7-19-32-25)31-24-20-28(17-14-22(24)15-18-28)16-6-10-21-8-2-1-3-9-21;3-2(4,5)1(6)7/h1-3,6-10,13,19,22-24,30H,4-5,11-12,14-18,20H2;(H,6,7)/q+1;/p-1/b10-6+;/t22?,24-,27+,28?;/m0./s1. The molecule has 0 spiro atoms. The Kier molecular flexibility index (Phi) is 9.18. The van der Waals surface area contributed by atoms with Gasteiger partial charge in [-0.3, -0.25) is 0 Å². The minimum atomic E-state index is -5.19. The second-order valence-electron chi connectivity index (χ2n) is 10.8. The molecule has 2 bridgehead atoms. The van der Waals surface area contributed by atoms with Crippen LogP contribution < -0.4 is 5.11 Å². The summed E-state index contributed by atoms with van der Waals surface area (Å²) in [5.41, 5.74) is -0.271. The van der Waals surface area contributed by atoms with E-state index >= 15 is 0 Å². The molecule has 0 radical (unpaired) electrons. The molecule has 6 nitrogen and oxygen atoms in total. The average molecular weight is 566 g/mol. The molecule has 4 fully saturated rings. The second-order valence-corrected chi connectivity index (χ2v) is 11.7. The van der Waals surface area contributed by atoms with Gasteiger partial charge < -0.3 is 24.2 Å². The highest BCUT2D eigenvalue weighted by Crippen LogP contribution is 2.44. The smallest absolute Gasteiger partial charge is 0.430 e. The number of alkyl halides is 3. The number of carbonyl (C=O) groups is 2.